The summed E-state index contributed by atoms with van der Waals surface area (Å²) in [6, 6.07) is 0. The van der Waals surface area contributed by atoms with E-state index >= 15 is 0 Å². The van der Waals surface area contributed by atoms with Gasteiger partial charge in [0.2, 0.25) is 0 Å². The van der Waals surface area contributed by atoms with Crippen molar-refractivity contribution in [2.75, 3.05) is 13.6 Å². The first kappa shape index (κ1) is 13.2. The summed E-state index contributed by atoms with van der Waals surface area (Å²) in [7, 11) is 3.29. The van der Waals surface area contributed by atoms with Crippen LogP contribution in [0.15, 0.2) is 0 Å². The smallest absolute Gasteiger partial charge is 0.0136 e. The Kier molecular flexibility index (Phi) is 3.79. The van der Waals surface area contributed by atoms with Crippen molar-refractivity contribution in [3.8, 4) is 0 Å². The van der Waals surface area contributed by atoms with Crippen LogP contribution in [0.1, 0.15) is 41.5 Å². The van der Waals surface area contributed by atoms with Crippen molar-refractivity contribution in [2.45, 2.75) is 46.6 Å². The Balaban J connectivity index is 4.96. The van der Waals surface area contributed by atoms with E-state index in [0.717, 1.165) is 6.54 Å². The van der Waals surface area contributed by atoms with Gasteiger partial charge in [-0.3, -0.25) is 0 Å². The highest BCUT2D eigenvalue weighted by atomic mass is 28.1. The summed E-state index contributed by atoms with van der Waals surface area (Å²) in [4.78, 5) is 0. The van der Waals surface area contributed by atoms with Crippen molar-refractivity contribution >= 4 is 10.2 Å². The normalized spacial score (nSPS) is 15.0. The molecule has 13 heavy (non-hydrogen) atoms. The van der Waals surface area contributed by atoms with Crippen LogP contribution in [0.5, 0.6) is 0 Å². The summed E-state index contributed by atoms with van der Waals surface area (Å²) in [6.45, 7) is 15.3. The fourth-order valence-electron chi connectivity index (χ4n) is 2.01. The molecule has 0 amide bonds. The van der Waals surface area contributed by atoms with Crippen molar-refractivity contribution in [3.63, 3.8) is 0 Å². The van der Waals surface area contributed by atoms with Gasteiger partial charge in [-0.1, -0.05) is 41.5 Å². The molecule has 0 aromatic heterocycles. The van der Waals surface area contributed by atoms with Gasteiger partial charge in [-0.15, -0.1) is 0 Å². The lowest BCUT2D eigenvalue weighted by Crippen LogP contribution is -2.46. The first-order chi connectivity index (χ1) is 5.56. The van der Waals surface area contributed by atoms with Gasteiger partial charge in [-0.05, 0) is 29.5 Å². The van der Waals surface area contributed by atoms with Crippen molar-refractivity contribution in [1.82, 2.24) is 5.32 Å². The molecule has 0 atom stereocenters. The molecule has 0 saturated heterocycles. The van der Waals surface area contributed by atoms with Crippen LogP contribution in [-0.2, 0) is 0 Å². The van der Waals surface area contributed by atoms with Gasteiger partial charge in [-0.2, -0.15) is 0 Å². The second-order valence-electron chi connectivity index (χ2n) is 6.36. The number of nitrogens with one attached hydrogen (secondary N) is 1. The lowest BCUT2D eigenvalue weighted by Gasteiger charge is -2.51. The van der Waals surface area contributed by atoms with Crippen LogP contribution in [-0.4, -0.2) is 23.8 Å². The van der Waals surface area contributed by atoms with Crippen LogP contribution in [0, 0.1) is 10.8 Å². The van der Waals surface area contributed by atoms with E-state index in [1.165, 1.54) is 10.2 Å². The lowest BCUT2D eigenvalue weighted by molar-refractivity contribution is 0.123. The molecule has 1 nitrogen and oxygen atoms in total. The molecule has 0 rings (SSSR count). The van der Waals surface area contributed by atoms with E-state index in [0.29, 0.717) is 15.9 Å². The largest absolute Gasteiger partial charge is 0.319 e. The molecule has 0 fully saturated rings. The standard InChI is InChI=1S/C11H27NSi/c1-9(2,3)11(13,8-12-7)10(4,5)6/h12H,8H2,1-7,13H3. The van der Waals surface area contributed by atoms with Gasteiger partial charge in [-0.25, -0.2) is 0 Å². The van der Waals surface area contributed by atoms with Gasteiger partial charge in [0.25, 0.3) is 0 Å². The highest BCUT2D eigenvalue weighted by molar-refractivity contribution is 6.16. The molecule has 1 N–H and O–H groups in total. The predicted octanol–water partition coefficient (Wildman–Crippen LogP) is 1.82. The third-order valence-electron chi connectivity index (χ3n) is 3.84. The van der Waals surface area contributed by atoms with E-state index in [1.807, 2.05) is 0 Å². The number of hydrogen-bond donors (Lipinski definition) is 1. The minimum atomic E-state index is 0.389. The van der Waals surface area contributed by atoms with Crippen molar-refractivity contribution in [3.05, 3.63) is 0 Å². The molecule has 0 aromatic carbocycles. The van der Waals surface area contributed by atoms with Crippen LogP contribution in [0.25, 0.3) is 0 Å². The first-order valence-electron chi connectivity index (χ1n) is 5.21. The zero-order chi connectivity index (χ0) is 10.9. The Bertz CT molecular complexity index is 148. The molecular formula is C11H27NSi. The van der Waals surface area contributed by atoms with Gasteiger partial charge in [0, 0.05) is 10.2 Å². The summed E-state index contributed by atoms with van der Waals surface area (Å²) in [5.74, 6) is 0. The Labute approximate surface area is 87.1 Å². The Morgan fingerprint density at radius 2 is 1.23 bits per heavy atom. The lowest BCUT2D eigenvalue weighted by atomic mass is 9.65. The van der Waals surface area contributed by atoms with Crippen LogP contribution in [0.2, 0.25) is 5.04 Å². The second kappa shape index (κ2) is 3.74. The molecule has 0 saturated carbocycles. The van der Waals surface area contributed by atoms with E-state index in [2.05, 4.69) is 53.9 Å². The van der Waals surface area contributed by atoms with Crippen molar-refractivity contribution in [2.24, 2.45) is 10.8 Å². The Hall–Kier alpha value is 0.177. The van der Waals surface area contributed by atoms with Crippen LogP contribution < -0.4 is 5.32 Å². The predicted molar refractivity (Wildman–Crippen MR) is 65.5 cm³/mol. The van der Waals surface area contributed by atoms with Gasteiger partial charge >= 0.3 is 0 Å². The number of hydrogen-bond acceptors (Lipinski definition) is 1. The summed E-state index contributed by atoms with van der Waals surface area (Å²) in [6.07, 6.45) is 0. The first-order valence-corrected chi connectivity index (χ1v) is 6.21. The molecule has 0 aliphatic heterocycles. The Morgan fingerprint density at radius 1 is 0.923 bits per heavy atom. The number of rotatable bonds is 2. The molecule has 0 heterocycles. The van der Waals surface area contributed by atoms with Gasteiger partial charge in [0.05, 0.1) is 0 Å². The summed E-state index contributed by atoms with van der Waals surface area (Å²) < 4.78 is 0. The summed E-state index contributed by atoms with van der Waals surface area (Å²) >= 11 is 0. The minimum absolute atomic E-state index is 0.389. The maximum Gasteiger partial charge on any atom is 0.0136 e. The van der Waals surface area contributed by atoms with E-state index in [9.17, 15) is 0 Å². The molecule has 0 bridgehead atoms. The van der Waals surface area contributed by atoms with Crippen LogP contribution in [0.4, 0.5) is 0 Å². The van der Waals surface area contributed by atoms with E-state index in [1.54, 1.807) is 0 Å². The SMILES string of the molecule is CNCC([SiH3])(C(C)(C)C)C(C)(C)C. The average Bonchev–Trinajstić information content (AvgIpc) is 1.82. The van der Waals surface area contributed by atoms with Crippen LogP contribution >= 0.6 is 0 Å². The molecule has 0 unspecified atom stereocenters. The van der Waals surface area contributed by atoms with E-state index in [4.69, 9.17) is 0 Å². The molecule has 0 aromatic rings. The molecule has 80 valence electrons. The van der Waals surface area contributed by atoms with E-state index < -0.39 is 0 Å². The van der Waals surface area contributed by atoms with Gasteiger partial charge in [0.1, 0.15) is 0 Å². The van der Waals surface area contributed by atoms with E-state index in [-0.39, 0.29) is 0 Å². The quantitative estimate of drug-likeness (QED) is 0.672. The molecule has 0 aliphatic carbocycles. The van der Waals surface area contributed by atoms with Gasteiger partial charge in [0.15, 0.2) is 0 Å². The maximum absolute atomic E-state index is 3.36. The summed E-state index contributed by atoms with van der Waals surface area (Å²) in [5, 5.41) is 3.81. The minimum Gasteiger partial charge on any atom is -0.319 e. The fourth-order valence-corrected chi connectivity index (χ4v) is 2.36. The third-order valence-corrected chi connectivity index (χ3v) is 7.19. The van der Waals surface area contributed by atoms with Crippen molar-refractivity contribution in [1.29, 1.82) is 0 Å². The zero-order valence-corrected chi connectivity index (χ0v) is 12.7. The maximum atomic E-state index is 3.36. The van der Waals surface area contributed by atoms with Crippen LogP contribution in [0.3, 0.4) is 0 Å². The molecule has 2 heteroatoms. The molecule has 0 aliphatic rings. The topological polar surface area (TPSA) is 12.0 Å². The molecule has 0 radical (unpaired) electrons. The molecular weight excluding hydrogens is 174 g/mol. The fraction of sp³-hybridized carbons (Fsp3) is 1.00. The van der Waals surface area contributed by atoms with Crippen molar-refractivity contribution < 1.29 is 0 Å². The van der Waals surface area contributed by atoms with Gasteiger partial charge < -0.3 is 5.32 Å². The monoisotopic (exact) mass is 201 g/mol. The summed E-state index contributed by atoms with van der Waals surface area (Å²) in [5.41, 5.74) is 0.779. The second-order valence-corrected chi connectivity index (χ2v) is 8.07. The third kappa shape index (κ3) is 2.56. The highest BCUT2D eigenvalue weighted by Gasteiger charge is 2.45. The Morgan fingerprint density at radius 3 is 1.31 bits per heavy atom. The molecule has 0 spiro atoms. The zero-order valence-electron chi connectivity index (χ0n) is 10.7. The highest BCUT2D eigenvalue weighted by Crippen LogP contribution is 2.54. The average molecular weight is 201 g/mol.